The number of anilines is 1. The Morgan fingerprint density at radius 3 is 2.30 bits per heavy atom. The quantitative estimate of drug-likeness (QED) is 0.536. The maximum Gasteiger partial charge on any atom is 0.192 e. The Labute approximate surface area is 182 Å². The number of hydrogen-bond acceptors (Lipinski definition) is 6. The van der Waals surface area contributed by atoms with Crippen molar-refractivity contribution in [1.82, 2.24) is 10.2 Å². The van der Waals surface area contributed by atoms with Gasteiger partial charge in [0.2, 0.25) is 0 Å². The summed E-state index contributed by atoms with van der Waals surface area (Å²) < 4.78 is 17.2. The Morgan fingerprint density at radius 2 is 1.70 bits per heavy atom. The van der Waals surface area contributed by atoms with E-state index in [1.165, 1.54) is 0 Å². The fraction of sp³-hybridized carbons (Fsp3) is 0.565. The zero-order chi connectivity index (χ0) is 22.6. The van der Waals surface area contributed by atoms with Crippen LogP contribution in [0.1, 0.15) is 45.7 Å². The molecule has 2 aromatic rings. The average molecular weight is 432 g/mol. The fourth-order valence-corrected chi connectivity index (χ4v) is 3.82. The van der Waals surface area contributed by atoms with Crippen LogP contribution in [0.2, 0.25) is 18.1 Å². The van der Waals surface area contributed by atoms with E-state index in [9.17, 15) is 0 Å². The first-order valence-corrected chi connectivity index (χ1v) is 13.2. The monoisotopic (exact) mass is 431 g/mol. The van der Waals surface area contributed by atoms with Gasteiger partial charge in [0.05, 0.1) is 20.4 Å². The van der Waals surface area contributed by atoms with E-state index in [4.69, 9.17) is 13.9 Å². The molecule has 0 unspecified atom stereocenters. The lowest BCUT2D eigenvalue weighted by atomic mass is 9.87. The summed E-state index contributed by atoms with van der Waals surface area (Å²) in [5.74, 6) is 2.26. The van der Waals surface area contributed by atoms with Crippen LogP contribution in [0, 0.1) is 0 Å². The molecule has 0 radical (unpaired) electrons. The molecule has 0 spiro atoms. The Bertz CT molecular complexity index is 848. The number of ether oxygens (including phenoxy) is 2. The molecule has 1 heterocycles. The Balaban J connectivity index is 2.10. The summed E-state index contributed by atoms with van der Waals surface area (Å²) in [5.41, 5.74) is 1.95. The second-order valence-corrected chi connectivity index (χ2v) is 14.6. The van der Waals surface area contributed by atoms with Crippen LogP contribution in [0.15, 0.2) is 30.5 Å². The van der Waals surface area contributed by atoms with Crippen molar-refractivity contribution >= 4 is 14.1 Å². The van der Waals surface area contributed by atoms with Gasteiger partial charge in [0.1, 0.15) is 17.3 Å². The van der Waals surface area contributed by atoms with Crippen LogP contribution >= 0.6 is 0 Å². The van der Waals surface area contributed by atoms with Gasteiger partial charge in [-0.3, -0.25) is 0 Å². The lowest BCUT2D eigenvalue weighted by molar-refractivity contribution is 0.220. The summed E-state index contributed by atoms with van der Waals surface area (Å²) in [6.45, 7) is 16.9. The summed E-state index contributed by atoms with van der Waals surface area (Å²) in [6, 6.07) is 7.83. The molecule has 0 aliphatic carbocycles. The molecule has 0 saturated carbocycles. The second kappa shape index (κ2) is 9.35. The van der Waals surface area contributed by atoms with Crippen LogP contribution in [-0.4, -0.2) is 39.3 Å². The van der Waals surface area contributed by atoms with Gasteiger partial charge >= 0.3 is 0 Å². The molecule has 1 N–H and O–H groups in total. The van der Waals surface area contributed by atoms with E-state index in [1.807, 2.05) is 24.4 Å². The Kier molecular flexibility index (Phi) is 7.53. The molecule has 0 fully saturated rings. The maximum atomic E-state index is 6.48. The molecule has 7 heteroatoms. The van der Waals surface area contributed by atoms with Crippen LogP contribution in [0.3, 0.4) is 0 Å². The van der Waals surface area contributed by atoms with Crippen molar-refractivity contribution in [3.8, 4) is 11.5 Å². The van der Waals surface area contributed by atoms with Crippen LogP contribution in [-0.2, 0) is 16.4 Å². The van der Waals surface area contributed by atoms with Crippen LogP contribution in [0.25, 0.3) is 0 Å². The highest BCUT2D eigenvalue weighted by atomic mass is 28.4. The number of aromatic nitrogens is 2. The third-order valence-electron chi connectivity index (χ3n) is 5.99. The van der Waals surface area contributed by atoms with Crippen molar-refractivity contribution in [2.45, 2.75) is 64.7 Å². The first kappa shape index (κ1) is 24.1. The van der Waals surface area contributed by atoms with Crippen molar-refractivity contribution < 1.29 is 13.9 Å². The molecule has 0 atom stereocenters. The van der Waals surface area contributed by atoms with Crippen LogP contribution < -0.4 is 14.8 Å². The number of nitrogens with one attached hydrogen (secondary N) is 1. The molecule has 1 aromatic heterocycles. The normalized spacial score (nSPS) is 12.6. The molecule has 1 aromatic carbocycles. The minimum Gasteiger partial charge on any atom is -0.497 e. The summed E-state index contributed by atoms with van der Waals surface area (Å²) in [6.07, 6.45) is 1.83. The number of methoxy groups -OCH3 is 2. The van der Waals surface area contributed by atoms with E-state index in [-0.39, 0.29) is 10.5 Å². The zero-order valence-corrected chi connectivity index (χ0v) is 20.9. The number of rotatable bonds is 9. The lowest BCUT2D eigenvalue weighted by Crippen LogP contribution is -2.44. The van der Waals surface area contributed by atoms with Gasteiger partial charge in [-0.2, -0.15) is 5.10 Å². The van der Waals surface area contributed by atoms with Gasteiger partial charge in [0, 0.05) is 30.2 Å². The van der Waals surface area contributed by atoms with Gasteiger partial charge in [-0.25, -0.2) is 0 Å². The zero-order valence-electron chi connectivity index (χ0n) is 19.9. The Hall–Kier alpha value is -2.12. The van der Waals surface area contributed by atoms with E-state index in [2.05, 4.69) is 69.3 Å². The first-order valence-electron chi connectivity index (χ1n) is 10.3. The van der Waals surface area contributed by atoms with E-state index in [1.54, 1.807) is 14.2 Å². The first-order chi connectivity index (χ1) is 13.9. The molecule has 0 aliphatic heterocycles. The fourth-order valence-electron chi connectivity index (χ4n) is 2.67. The summed E-state index contributed by atoms with van der Waals surface area (Å²) in [5, 5.41) is 12.0. The van der Waals surface area contributed by atoms with Crippen molar-refractivity contribution in [3.63, 3.8) is 0 Å². The van der Waals surface area contributed by atoms with Crippen molar-refractivity contribution in [2.75, 3.05) is 26.1 Å². The minimum absolute atomic E-state index is 0.167. The second-order valence-electron chi connectivity index (χ2n) is 9.79. The topological polar surface area (TPSA) is 65.5 Å². The molecule has 2 rings (SSSR count). The molecule has 0 saturated heterocycles. The molecule has 0 amide bonds. The Morgan fingerprint density at radius 1 is 1.00 bits per heavy atom. The molecule has 0 aliphatic rings. The molecule has 0 bridgehead atoms. The number of nitrogens with zero attached hydrogens (tertiary/aromatic N) is 2. The van der Waals surface area contributed by atoms with Gasteiger partial charge in [-0.1, -0.05) is 34.6 Å². The minimum atomic E-state index is -1.81. The largest absolute Gasteiger partial charge is 0.497 e. The van der Waals surface area contributed by atoms with E-state index in [0.29, 0.717) is 13.2 Å². The predicted octanol–water partition coefficient (Wildman–Crippen LogP) is 5.41. The van der Waals surface area contributed by atoms with Gasteiger partial charge in [0.15, 0.2) is 8.32 Å². The van der Waals surface area contributed by atoms with Crippen molar-refractivity contribution in [2.24, 2.45) is 0 Å². The van der Waals surface area contributed by atoms with Crippen molar-refractivity contribution in [3.05, 3.63) is 41.6 Å². The summed E-state index contributed by atoms with van der Waals surface area (Å²) >= 11 is 0. The van der Waals surface area contributed by atoms with Crippen LogP contribution in [0.5, 0.6) is 11.5 Å². The average Bonchev–Trinajstić information content (AvgIpc) is 2.70. The smallest absolute Gasteiger partial charge is 0.192 e. The third kappa shape index (κ3) is 5.95. The SMILES string of the molecule is COc1ccc(CNc2cc(C(C)(C)CO[Si](C)(C)C(C)(C)C)cnn2)c(OC)c1. The highest BCUT2D eigenvalue weighted by Gasteiger charge is 2.38. The number of benzene rings is 1. The van der Waals surface area contributed by atoms with Crippen molar-refractivity contribution in [1.29, 1.82) is 0 Å². The molecular formula is C23H37N3O3Si. The summed E-state index contributed by atoms with van der Waals surface area (Å²) in [4.78, 5) is 0. The maximum absolute atomic E-state index is 6.48. The van der Waals surface area contributed by atoms with E-state index < -0.39 is 8.32 Å². The van der Waals surface area contributed by atoms with Crippen LogP contribution in [0.4, 0.5) is 5.82 Å². The molecule has 166 valence electrons. The third-order valence-corrected chi connectivity index (χ3v) is 10.5. The molecular weight excluding hydrogens is 394 g/mol. The molecule has 30 heavy (non-hydrogen) atoms. The van der Waals surface area contributed by atoms with Gasteiger partial charge in [-0.05, 0) is 41.9 Å². The van der Waals surface area contributed by atoms with Gasteiger partial charge in [-0.15, -0.1) is 5.10 Å². The highest BCUT2D eigenvalue weighted by Crippen LogP contribution is 2.38. The van der Waals surface area contributed by atoms with E-state index in [0.717, 1.165) is 28.4 Å². The lowest BCUT2D eigenvalue weighted by Gasteiger charge is -2.39. The highest BCUT2D eigenvalue weighted by molar-refractivity contribution is 6.74. The number of hydrogen-bond donors (Lipinski definition) is 1. The van der Waals surface area contributed by atoms with Gasteiger partial charge < -0.3 is 19.2 Å². The standard InChI is InChI=1S/C23H37N3O3Si/c1-22(2,3)30(8,9)29-16-23(4,5)18-12-21(26-25-15-18)24-14-17-10-11-19(27-6)13-20(17)28-7/h10-13,15H,14,16H2,1-9H3,(H,24,26). The molecule has 6 nitrogen and oxygen atoms in total. The van der Waals surface area contributed by atoms with E-state index >= 15 is 0 Å². The summed E-state index contributed by atoms with van der Waals surface area (Å²) in [7, 11) is 1.48. The predicted molar refractivity (Wildman–Crippen MR) is 125 cm³/mol. The van der Waals surface area contributed by atoms with Gasteiger partial charge in [0.25, 0.3) is 0 Å².